The van der Waals surface area contributed by atoms with Gasteiger partial charge in [-0.2, -0.15) is 0 Å². The second kappa shape index (κ2) is 7.98. The lowest BCUT2D eigenvalue weighted by Crippen LogP contribution is -2.31. The molecule has 0 bridgehead atoms. The Morgan fingerprint density at radius 1 is 1.10 bits per heavy atom. The summed E-state index contributed by atoms with van der Waals surface area (Å²) in [7, 11) is 4.56. The number of nitrogens with one attached hydrogen (secondary N) is 1. The molecule has 3 aromatic rings. The highest BCUT2D eigenvalue weighted by atomic mass is 16.5. The number of methoxy groups -OCH3 is 3. The zero-order valence-corrected chi connectivity index (χ0v) is 18.3. The Balaban J connectivity index is 1.72. The van der Waals surface area contributed by atoms with Crippen LogP contribution in [0.2, 0.25) is 0 Å². The number of aromatic amines is 1. The van der Waals surface area contributed by atoms with Gasteiger partial charge in [0, 0.05) is 29.4 Å². The number of nitrogens with zero attached hydrogens (tertiary/aromatic N) is 3. The second-order valence-electron chi connectivity index (χ2n) is 7.60. The first-order valence-electron chi connectivity index (χ1n) is 10.1. The molecule has 1 aliphatic heterocycles. The Hall–Kier alpha value is -3.49. The Labute approximate surface area is 179 Å². The predicted molar refractivity (Wildman–Crippen MR) is 114 cm³/mol. The first-order valence-corrected chi connectivity index (χ1v) is 10.1. The maximum absolute atomic E-state index is 13.4. The first-order chi connectivity index (χ1) is 14.9. The number of carbonyl (C=O) groups is 1. The average molecular weight is 426 g/mol. The Bertz CT molecular complexity index is 1190. The fourth-order valence-corrected chi connectivity index (χ4v) is 4.11. The van der Waals surface area contributed by atoms with Crippen LogP contribution in [0, 0.1) is 13.8 Å². The highest BCUT2D eigenvalue weighted by molar-refractivity contribution is 5.96. The molecule has 4 rings (SSSR count). The second-order valence-corrected chi connectivity index (χ2v) is 7.60. The first kappa shape index (κ1) is 20.8. The van der Waals surface area contributed by atoms with Gasteiger partial charge in [0.2, 0.25) is 5.75 Å². The zero-order chi connectivity index (χ0) is 22.3. The summed E-state index contributed by atoms with van der Waals surface area (Å²) in [5.41, 5.74) is 2.95. The lowest BCUT2D eigenvalue weighted by Gasteiger charge is -2.24. The van der Waals surface area contributed by atoms with E-state index < -0.39 is 0 Å². The maximum Gasteiger partial charge on any atom is 0.275 e. The molecular formula is C22H26N4O5. The summed E-state index contributed by atoms with van der Waals surface area (Å²) < 4.78 is 17.6. The Morgan fingerprint density at radius 2 is 1.77 bits per heavy atom. The predicted octanol–water partition coefficient (Wildman–Crippen LogP) is 2.64. The van der Waals surface area contributed by atoms with Crippen molar-refractivity contribution in [1.29, 1.82) is 0 Å². The molecular weight excluding hydrogens is 400 g/mol. The van der Waals surface area contributed by atoms with Crippen LogP contribution in [0.4, 0.5) is 0 Å². The third-order valence-corrected chi connectivity index (χ3v) is 5.89. The number of carbonyl (C=O) groups excluding carboxylic acids is 1. The van der Waals surface area contributed by atoms with Crippen LogP contribution in [-0.2, 0) is 0 Å². The third kappa shape index (κ3) is 3.39. The molecule has 1 unspecified atom stereocenters. The van der Waals surface area contributed by atoms with Crippen molar-refractivity contribution in [3.05, 3.63) is 51.1 Å². The SMILES string of the molecule is COc1cc(C(=O)N2CCCC2c2cc3nc(C)c(C)c(=O)n3[nH]2)cc(OC)c1OC. The van der Waals surface area contributed by atoms with Crippen molar-refractivity contribution in [3.63, 3.8) is 0 Å². The molecule has 1 saturated heterocycles. The van der Waals surface area contributed by atoms with Crippen molar-refractivity contribution in [1.82, 2.24) is 19.5 Å². The number of H-pyrrole nitrogens is 1. The molecule has 0 saturated carbocycles. The molecule has 0 spiro atoms. The van der Waals surface area contributed by atoms with Gasteiger partial charge in [0.15, 0.2) is 17.1 Å². The van der Waals surface area contributed by atoms with Crippen molar-refractivity contribution in [2.24, 2.45) is 0 Å². The minimum Gasteiger partial charge on any atom is -0.493 e. The van der Waals surface area contributed by atoms with Gasteiger partial charge in [-0.1, -0.05) is 0 Å². The van der Waals surface area contributed by atoms with Crippen LogP contribution in [0.15, 0.2) is 23.0 Å². The Kier molecular flexibility index (Phi) is 5.34. The quantitative estimate of drug-likeness (QED) is 0.674. The summed E-state index contributed by atoms with van der Waals surface area (Å²) in [6, 6.07) is 4.97. The van der Waals surface area contributed by atoms with Gasteiger partial charge in [-0.25, -0.2) is 9.50 Å². The normalized spacial score (nSPS) is 16.0. The zero-order valence-electron chi connectivity index (χ0n) is 18.3. The topological polar surface area (TPSA) is 98.2 Å². The molecule has 1 N–H and O–H groups in total. The molecule has 2 aromatic heterocycles. The molecule has 0 aliphatic carbocycles. The van der Waals surface area contributed by atoms with Gasteiger partial charge < -0.3 is 19.1 Å². The van der Waals surface area contributed by atoms with Crippen molar-refractivity contribution >= 4 is 11.6 Å². The van der Waals surface area contributed by atoms with E-state index >= 15 is 0 Å². The van der Waals surface area contributed by atoms with Crippen LogP contribution < -0.4 is 19.8 Å². The van der Waals surface area contributed by atoms with Gasteiger partial charge in [0.25, 0.3) is 11.5 Å². The van der Waals surface area contributed by atoms with Crippen LogP contribution in [0.3, 0.4) is 0 Å². The van der Waals surface area contributed by atoms with Gasteiger partial charge in [-0.15, -0.1) is 0 Å². The summed E-state index contributed by atoms with van der Waals surface area (Å²) in [6.45, 7) is 4.18. The average Bonchev–Trinajstić information content (AvgIpc) is 3.43. The van der Waals surface area contributed by atoms with Crippen LogP contribution in [0.5, 0.6) is 17.2 Å². The summed E-state index contributed by atoms with van der Waals surface area (Å²) in [4.78, 5) is 32.3. The van der Waals surface area contributed by atoms with Crippen molar-refractivity contribution in [3.8, 4) is 17.2 Å². The molecule has 3 heterocycles. The molecule has 1 fully saturated rings. The molecule has 0 radical (unpaired) electrons. The van der Waals surface area contributed by atoms with Gasteiger partial charge in [-0.05, 0) is 38.8 Å². The number of aromatic nitrogens is 3. The number of amides is 1. The molecule has 9 nitrogen and oxygen atoms in total. The number of benzene rings is 1. The van der Waals surface area contributed by atoms with E-state index in [4.69, 9.17) is 14.2 Å². The highest BCUT2D eigenvalue weighted by Gasteiger charge is 2.33. The van der Waals surface area contributed by atoms with E-state index in [2.05, 4.69) is 10.1 Å². The van der Waals surface area contributed by atoms with Crippen LogP contribution in [-0.4, -0.2) is 53.3 Å². The van der Waals surface area contributed by atoms with Crippen LogP contribution in [0.1, 0.15) is 46.2 Å². The highest BCUT2D eigenvalue weighted by Crippen LogP contribution is 2.40. The number of ether oxygens (including phenoxy) is 3. The number of aryl methyl sites for hydroxylation is 1. The van der Waals surface area contributed by atoms with Gasteiger partial charge >= 0.3 is 0 Å². The number of hydrogen-bond acceptors (Lipinski definition) is 6. The minimum absolute atomic E-state index is 0.130. The van der Waals surface area contributed by atoms with Crippen LogP contribution >= 0.6 is 0 Å². The number of fused-ring (bicyclic) bond motifs is 1. The van der Waals surface area contributed by atoms with Crippen LogP contribution in [0.25, 0.3) is 5.65 Å². The van der Waals surface area contributed by atoms with Crippen molar-refractivity contribution in [2.45, 2.75) is 32.7 Å². The van der Waals surface area contributed by atoms with Crippen molar-refractivity contribution < 1.29 is 19.0 Å². The molecule has 31 heavy (non-hydrogen) atoms. The van der Waals surface area contributed by atoms with E-state index in [0.717, 1.165) is 18.5 Å². The summed E-state index contributed by atoms with van der Waals surface area (Å²) in [5.74, 6) is 1.14. The van der Waals surface area contributed by atoms with Gasteiger partial charge in [-0.3, -0.25) is 14.7 Å². The molecule has 1 amide bonds. The van der Waals surface area contributed by atoms with E-state index in [0.29, 0.717) is 46.3 Å². The number of likely N-dealkylation sites (tertiary alicyclic amines) is 1. The van der Waals surface area contributed by atoms with Gasteiger partial charge in [0.1, 0.15) is 0 Å². The fraction of sp³-hybridized carbons (Fsp3) is 0.409. The molecule has 1 aliphatic rings. The molecule has 1 aromatic carbocycles. The van der Waals surface area contributed by atoms with E-state index in [1.54, 1.807) is 24.0 Å². The molecule has 9 heteroatoms. The fourth-order valence-electron chi connectivity index (χ4n) is 4.11. The minimum atomic E-state index is -0.187. The Morgan fingerprint density at radius 3 is 2.39 bits per heavy atom. The molecule has 164 valence electrons. The monoisotopic (exact) mass is 426 g/mol. The summed E-state index contributed by atoms with van der Waals surface area (Å²) in [5, 5.41) is 3.15. The lowest BCUT2D eigenvalue weighted by molar-refractivity contribution is 0.0732. The summed E-state index contributed by atoms with van der Waals surface area (Å²) >= 11 is 0. The summed E-state index contributed by atoms with van der Waals surface area (Å²) in [6.07, 6.45) is 1.65. The maximum atomic E-state index is 13.4. The van der Waals surface area contributed by atoms with E-state index in [1.165, 1.54) is 25.8 Å². The van der Waals surface area contributed by atoms with E-state index in [1.807, 2.05) is 13.0 Å². The van der Waals surface area contributed by atoms with Gasteiger partial charge in [0.05, 0.1) is 33.1 Å². The standard InChI is InChI=1S/C22H26N4O5/c1-12-13(2)23-19-11-15(24-26(19)21(12)27)16-7-6-8-25(16)22(28)14-9-17(29-3)20(31-5)18(10-14)30-4/h9-11,16,24H,6-8H2,1-5H3. The molecule has 1 atom stereocenters. The number of hydrogen-bond donors (Lipinski definition) is 1. The van der Waals surface area contributed by atoms with E-state index in [-0.39, 0.29) is 17.5 Å². The van der Waals surface area contributed by atoms with Crippen molar-refractivity contribution in [2.75, 3.05) is 27.9 Å². The largest absolute Gasteiger partial charge is 0.493 e. The number of rotatable bonds is 5. The third-order valence-electron chi connectivity index (χ3n) is 5.89. The van der Waals surface area contributed by atoms with E-state index in [9.17, 15) is 9.59 Å². The lowest BCUT2D eigenvalue weighted by atomic mass is 10.1. The smallest absolute Gasteiger partial charge is 0.275 e.